The minimum Gasteiger partial charge on any atom is -0.497 e. The van der Waals surface area contributed by atoms with Crippen LogP contribution in [0.4, 0.5) is 5.69 Å². The third kappa shape index (κ3) is 4.82. The van der Waals surface area contributed by atoms with Crippen molar-refractivity contribution in [3.63, 3.8) is 0 Å². The summed E-state index contributed by atoms with van der Waals surface area (Å²) in [6.07, 6.45) is 3.07. The van der Waals surface area contributed by atoms with Crippen LogP contribution in [0.25, 0.3) is 0 Å². The Morgan fingerprint density at radius 3 is 2.56 bits per heavy atom. The van der Waals surface area contributed by atoms with Gasteiger partial charge in [-0.05, 0) is 24.6 Å². The number of hydrogen-bond acceptors (Lipinski definition) is 6. The van der Waals surface area contributed by atoms with Crippen LogP contribution in [0.3, 0.4) is 0 Å². The first kappa shape index (κ1) is 18.8. The smallest absolute Gasteiger partial charge is 0.257 e. The van der Waals surface area contributed by atoms with Crippen molar-refractivity contribution in [3.05, 3.63) is 53.9 Å². The van der Waals surface area contributed by atoms with Gasteiger partial charge < -0.3 is 15.4 Å². The average molecular weight is 389 g/mol. The second kappa shape index (κ2) is 7.75. The number of nitrogens with one attached hydrogen (secondary N) is 2. The van der Waals surface area contributed by atoms with Crippen LogP contribution in [0.15, 0.2) is 42.7 Å². The third-order valence-electron chi connectivity index (χ3n) is 4.16. The number of ether oxygens (including phenoxy) is 1. The van der Waals surface area contributed by atoms with Crippen LogP contribution in [-0.4, -0.2) is 49.9 Å². The molecule has 27 heavy (non-hydrogen) atoms. The number of carbonyl (C=O) groups excluding carboxylic acids is 2. The van der Waals surface area contributed by atoms with E-state index in [1.807, 2.05) is 0 Å². The molecule has 1 aliphatic rings. The zero-order chi connectivity index (χ0) is 19.4. The van der Waals surface area contributed by atoms with E-state index in [4.69, 9.17) is 4.74 Å². The molecule has 142 valence electrons. The quantitative estimate of drug-likeness (QED) is 0.796. The molecule has 0 bridgehead atoms. The molecule has 8 nitrogen and oxygen atoms in total. The molecule has 0 spiro atoms. The molecule has 1 saturated heterocycles. The minimum atomic E-state index is -3.09. The Labute approximate surface area is 156 Å². The first-order chi connectivity index (χ1) is 12.9. The lowest BCUT2D eigenvalue weighted by molar-refractivity contribution is 0.0940. The predicted octanol–water partition coefficient (Wildman–Crippen LogP) is 1.26. The van der Waals surface area contributed by atoms with Crippen molar-refractivity contribution >= 4 is 27.3 Å². The number of hydrogen-bond donors (Lipinski definition) is 2. The van der Waals surface area contributed by atoms with Gasteiger partial charge in [0.15, 0.2) is 9.84 Å². The third-order valence-corrected chi connectivity index (χ3v) is 5.93. The summed E-state index contributed by atoms with van der Waals surface area (Å²) in [7, 11) is -1.56. The minimum absolute atomic E-state index is 0.0673. The van der Waals surface area contributed by atoms with E-state index in [1.165, 1.54) is 25.6 Å². The van der Waals surface area contributed by atoms with E-state index in [0.29, 0.717) is 17.9 Å². The van der Waals surface area contributed by atoms with Crippen molar-refractivity contribution in [2.45, 2.75) is 12.5 Å². The molecule has 2 amide bonds. The summed E-state index contributed by atoms with van der Waals surface area (Å²) < 4.78 is 28.1. The molecule has 9 heteroatoms. The molecule has 1 atom stereocenters. The number of anilines is 1. The lowest BCUT2D eigenvalue weighted by atomic mass is 10.1. The molecule has 2 aromatic rings. The molecule has 0 saturated carbocycles. The van der Waals surface area contributed by atoms with Crippen molar-refractivity contribution in [1.29, 1.82) is 0 Å². The van der Waals surface area contributed by atoms with Gasteiger partial charge in [0.1, 0.15) is 5.75 Å². The highest BCUT2D eigenvalue weighted by Gasteiger charge is 2.29. The maximum absolute atomic E-state index is 12.4. The SMILES string of the molecule is COc1cccc(NC(=O)c2cncc(C(=O)NC3CCS(=O)(=O)C3)c2)c1. The lowest BCUT2D eigenvalue weighted by Gasteiger charge is -2.11. The second-order valence-corrected chi connectivity index (χ2v) is 8.45. The fourth-order valence-corrected chi connectivity index (χ4v) is 4.44. The Kier molecular flexibility index (Phi) is 5.41. The molecule has 2 N–H and O–H groups in total. The van der Waals surface area contributed by atoms with Crippen molar-refractivity contribution in [2.24, 2.45) is 0 Å². The van der Waals surface area contributed by atoms with E-state index >= 15 is 0 Å². The molecule has 2 heterocycles. The largest absolute Gasteiger partial charge is 0.497 e. The number of aromatic nitrogens is 1. The van der Waals surface area contributed by atoms with Gasteiger partial charge in [0.2, 0.25) is 0 Å². The number of rotatable bonds is 5. The molecule has 3 rings (SSSR count). The van der Waals surface area contributed by atoms with Crippen LogP contribution in [-0.2, 0) is 9.84 Å². The molecule has 1 fully saturated rings. The average Bonchev–Trinajstić information content (AvgIpc) is 3.00. The standard InChI is InChI=1S/C18H19N3O5S/c1-26-16-4-2-3-14(8-16)20-17(22)12-7-13(10-19-9-12)18(23)21-15-5-6-27(24,25)11-15/h2-4,7-10,15H,5-6,11H2,1H3,(H,20,22)(H,21,23). The predicted molar refractivity (Wildman–Crippen MR) is 99.7 cm³/mol. The van der Waals surface area contributed by atoms with Crippen LogP contribution in [0.5, 0.6) is 5.75 Å². The molecular formula is C18H19N3O5S. The van der Waals surface area contributed by atoms with Crippen molar-refractivity contribution in [2.75, 3.05) is 23.9 Å². The van der Waals surface area contributed by atoms with Gasteiger partial charge >= 0.3 is 0 Å². The number of carbonyl (C=O) groups is 2. The Morgan fingerprint density at radius 2 is 1.89 bits per heavy atom. The first-order valence-corrected chi connectivity index (χ1v) is 10.1. The Hall–Kier alpha value is -2.94. The van der Waals surface area contributed by atoms with Crippen LogP contribution < -0.4 is 15.4 Å². The number of methoxy groups -OCH3 is 1. The lowest BCUT2D eigenvalue weighted by Crippen LogP contribution is -2.35. The molecule has 1 aliphatic heterocycles. The van der Waals surface area contributed by atoms with Crippen molar-refractivity contribution in [3.8, 4) is 5.75 Å². The van der Waals surface area contributed by atoms with E-state index in [-0.39, 0.29) is 22.6 Å². The van der Waals surface area contributed by atoms with E-state index < -0.39 is 27.7 Å². The maximum Gasteiger partial charge on any atom is 0.257 e. The topological polar surface area (TPSA) is 114 Å². The van der Waals surface area contributed by atoms with E-state index in [9.17, 15) is 18.0 Å². The zero-order valence-electron chi connectivity index (χ0n) is 14.6. The van der Waals surface area contributed by atoms with Gasteiger partial charge in [-0.3, -0.25) is 14.6 Å². The highest BCUT2D eigenvalue weighted by molar-refractivity contribution is 7.91. The van der Waals surface area contributed by atoms with Gasteiger partial charge in [0, 0.05) is 30.2 Å². The molecule has 0 aliphatic carbocycles. The highest BCUT2D eigenvalue weighted by Crippen LogP contribution is 2.18. The van der Waals surface area contributed by atoms with Gasteiger partial charge in [-0.1, -0.05) is 6.07 Å². The summed E-state index contributed by atoms with van der Waals surface area (Å²) >= 11 is 0. The Balaban J connectivity index is 1.69. The summed E-state index contributed by atoms with van der Waals surface area (Å²) in [4.78, 5) is 28.7. The zero-order valence-corrected chi connectivity index (χ0v) is 15.5. The summed E-state index contributed by atoms with van der Waals surface area (Å²) in [5.74, 6) is -0.276. The van der Waals surface area contributed by atoms with E-state index in [0.717, 1.165) is 0 Å². The van der Waals surface area contributed by atoms with Crippen molar-refractivity contribution < 1.29 is 22.7 Å². The highest BCUT2D eigenvalue weighted by atomic mass is 32.2. The van der Waals surface area contributed by atoms with Gasteiger partial charge in [-0.2, -0.15) is 0 Å². The normalized spacial score (nSPS) is 17.9. The van der Waals surface area contributed by atoms with Gasteiger partial charge in [-0.15, -0.1) is 0 Å². The number of amides is 2. The Bertz CT molecular complexity index is 974. The van der Waals surface area contributed by atoms with Gasteiger partial charge in [-0.25, -0.2) is 8.42 Å². The number of nitrogens with zero attached hydrogens (tertiary/aromatic N) is 1. The van der Waals surface area contributed by atoms with Gasteiger partial charge in [0.05, 0.1) is 29.7 Å². The van der Waals surface area contributed by atoms with Crippen LogP contribution >= 0.6 is 0 Å². The first-order valence-electron chi connectivity index (χ1n) is 8.28. The molecule has 1 aromatic heterocycles. The number of pyridine rings is 1. The van der Waals surface area contributed by atoms with Crippen LogP contribution in [0.2, 0.25) is 0 Å². The molecule has 0 radical (unpaired) electrons. The summed E-state index contributed by atoms with van der Waals surface area (Å²) in [6, 6.07) is 7.88. The maximum atomic E-state index is 12.4. The Morgan fingerprint density at radius 1 is 1.15 bits per heavy atom. The van der Waals surface area contributed by atoms with Crippen LogP contribution in [0.1, 0.15) is 27.1 Å². The van der Waals surface area contributed by atoms with Crippen molar-refractivity contribution in [1.82, 2.24) is 10.3 Å². The van der Waals surface area contributed by atoms with E-state index in [1.54, 1.807) is 24.3 Å². The van der Waals surface area contributed by atoms with Gasteiger partial charge in [0.25, 0.3) is 11.8 Å². The number of sulfone groups is 1. The second-order valence-electron chi connectivity index (χ2n) is 6.22. The molecule has 1 unspecified atom stereocenters. The fraction of sp³-hybridized carbons (Fsp3) is 0.278. The monoisotopic (exact) mass is 389 g/mol. The molecular weight excluding hydrogens is 370 g/mol. The molecule has 1 aromatic carbocycles. The van der Waals surface area contributed by atoms with E-state index in [2.05, 4.69) is 15.6 Å². The summed E-state index contributed by atoms with van der Waals surface area (Å²) in [5, 5.41) is 5.39. The summed E-state index contributed by atoms with van der Waals surface area (Å²) in [6.45, 7) is 0. The van der Waals surface area contributed by atoms with Crippen LogP contribution in [0, 0.1) is 0 Å². The number of benzene rings is 1. The fourth-order valence-electron chi connectivity index (χ4n) is 2.77. The summed E-state index contributed by atoms with van der Waals surface area (Å²) in [5.41, 5.74) is 0.951.